The normalized spacial score (nSPS) is 22.1. The molecule has 0 saturated heterocycles. The SMILES string of the molecule is C=C1NC(=O)/C(=C2\Nc3ccccc3\C2=N/OCCN(C=N)/C=C\C)C/C=C\C=C/1C(F)(F)F. The fraction of sp³-hybridized carbons (Fsp3) is 0.208. The Labute approximate surface area is 195 Å². The van der Waals surface area contributed by atoms with Crippen molar-refractivity contribution in [2.45, 2.75) is 19.5 Å². The Morgan fingerprint density at radius 2 is 2.06 bits per heavy atom. The number of rotatable bonds is 6. The van der Waals surface area contributed by atoms with Crippen molar-refractivity contribution in [3.05, 3.63) is 89.5 Å². The van der Waals surface area contributed by atoms with E-state index >= 15 is 0 Å². The second-order valence-corrected chi connectivity index (χ2v) is 7.29. The van der Waals surface area contributed by atoms with Crippen molar-refractivity contribution >= 4 is 23.6 Å². The highest BCUT2D eigenvalue weighted by Gasteiger charge is 2.36. The molecule has 0 aliphatic carbocycles. The van der Waals surface area contributed by atoms with Crippen molar-refractivity contribution in [1.29, 1.82) is 5.41 Å². The van der Waals surface area contributed by atoms with Crippen LogP contribution in [0.15, 0.2) is 89.0 Å². The maximum absolute atomic E-state index is 13.3. The molecule has 0 bridgehead atoms. The molecule has 1 aromatic carbocycles. The predicted molar refractivity (Wildman–Crippen MR) is 125 cm³/mol. The van der Waals surface area contributed by atoms with Gasteiger partial charge >= 0.3 is 6.18 Å². The topological polar surface area (TPSA) is 89.8 Å². The summed E-state index contributed by atoms with van der Waals surface area (Å²) >= 11 is 0. The van der Waals surface area contributed by atoms with E-state index in [0.717, 1.165) is 12.4 Å². The molecule has 3 N–H and O–H groups in total. The Morgan fingerprint density at radius 1 is 1.29 bits per heavy atom. The van der Waals surface area contributed by atoms with Gasteiger partial charge in [0.1, 0.15) is 12.3 Å². The van der Waals surface area contributed by atoms with Crippen LogP contribution >= 0.6 is 0 Å². The standard InChI is InChI=1S/C24H24F3N5O2/c1-3-12-32(15-28)13-14-34-31-22-17-8-5-7-11-20(17)30-21(22)18-9-4-6-10-19(24(25,26)27)16(2)29-23(18)33/h3-8,10-12,15,28,30H,2,9,13-14H2,1H3,(H,29,33)/b6-4-,12-3-,19-10+,21-18-,28-15?,31-22+. The molecule has 0 unspecified atom stereocenters. The van der Waals surface area contributed by atoms with E-state index in [2.05, 4.69) is 22.4 Å². The number of allylic oxidation sites excluding steroid dienone is 6. The van der Waals surface area contributed by atoms with E-state index in [1.54, 1.807) is 35.4 Å². The van der Waals surface area contributed by atoms with Crippen LogP contribution in [0, 0.1) is 5.41 Å². The molecule has 7 nitrogen and oxygen atoms in total. The average molecular weight is 471 g/mol. The number of benzene rings is 1. The minimum absolute atomic E-state index is 0.0545. The Hall–Kier alpha value is -4.08. The quantitative estimate of drug-likeness (QED) is 0.186. The lowest BCUT2D eigenvalue weighted by molar-refractivity contribution is -0.117. The van der Waals surface area contributed by atoms with Crippen LogP contribution in [-0.2, 0) is 9.63 Å². The number of hydrogen-bond donors (Lipinski definition) is 3. The van der Waals surface area contributed by atoms with E-state index in [1.807, 2.05) is 13.0 Å². The second kappa shape index (κ2) is 10.7. The number of carbonyl (C=O) groups excluding carboxylic acids is 1. The third-order valence-electron chi connectivity index (χ3n) is 4.97. The Bertz CT molecular complexity index is 1130. The van der Waals surface area contributed by atoms with E-state index in [9.17, 15) is 18.0 Å². The largest absolute Gasteiger partial charge is 0.418 e. The molecule has 0 aromatic heterocycles. The Balaban J connectivity index is 1.92. The van der Waals surface area contributed by atoms with Gasteiger partial charge in [0.2, 0.25) is 0 Å². The summed E-state index contributed by atoms with van der Waals surface area (Å²) in [5.41, 5.74) is 0.685. The molecule has 0 fully saturated rings. The van der Waals surface area contributed by atoms with Crippen molar-refractivity contribution in [2.24, 2.45) is 5.16 Å². The summed E-state index contributed by atoms with van der Waals surface area (Å²) in [5, 5.41) is 17.0. The van der Waals surface area contributed by atoms with Gasteiger partial charge in [0, 0.05) is 28.7 Å². The molecule has 2 heterocycles. The van der Waals surface area contributed by atoms with E-state index in [4.69, 9.17) is 10.2 Å². The van der Waals surface area contributed by atoms with Gasteiger partial charge in [-0.2, -0.15) is 13.2 Å². The number of hydrogen-bond acceptors (Lipinski definition) is 5. The fourth-order valence-electron chi connectivity index (χ4n) is 3.37. The lowest BCUT2D eigenvalue weighted by Gasteiger charge is -2.16. The van der Waals surface area contributed by atoms with Crippen molar-refractivity contribution in [3.63, 3.8) is 0 Å². The molecule has 10 heteroatoms. The maximum atomic E-state index is 13.3. The maximum Gasteiger partial charge on any atom is 0.418 e. The summed E-state index contributed by atoms with van der Waals surface area (Å²) in [7, 11) is 0. The molecule has 2 aliphatic heterocycles. The number of fused-ring (bicyclic) bond motifs is 1. The third kappa shape index (κ3) is 5.64. The summed E-state index contributed by atoms with van der Waals surface area (Å²) in [5.74, 6) is -0.724. The van der Waals surface area contributed by atoms with Gasteiger partial charge in [0.25, 0.3) is 5.91 Å². The summed E-state index contributed by atoms with van der Waals surface area (Å²) in [4.78, 5) is 20.1. The first-order valence-corrected chi connectivity index (χ1v) is 10.4. The molecular weight excluding hydrogens is 447 g/mol. The second-order valence-electron chi connectivity index (χ2n) is 7.29. The van der Waals surface area contributed by atoms with Crippen LogP contribution in [0.3, 0.4) is 0 Å². The van der Waals surface area contributed by atoms with Gasteiger partial charge in [-0.25, -0.2) is 0 Å². The van der Waals surface area contributed by atoms with Gasteiger partial charge in [-0.1, -0.05) is 48.2 Å². The monoisotopic (exact) mass is 471 g/mol. The zero-order chi connectivity index (χ0) is 24.7. The van der Waals surface area contributed by atoms with Crippen LogP contribution in [0.5, 0.6) is 0 Å². The molecule has 2 aliphatic rings. The number of halogens is 3. The molecule has 0 spiro atoms. The van der Waals surface area contributed by atoms with Crippen LogP contribution in [0.25, 0.3) is 0 Å². The molecule has 0 atom stereocenters. The van der Waals surface area contributed by atoms with E-state index in [-0.39, 0.29) is 18.6 Å². The minimum Gasteiger partial charge on any atom is -0.393 e. The van der Waals surface area contributed by atoms with Crippen LogP contribution in [0.4, 0.5) is 18.9 Å². The molecule has 0 radical (unpaired) electrons. The number of carbonyl (C=O) groups is 1. The van der Waals surface area contributed by atoms with E-state index < -0.39 is 23.4 Å². The first kappa shape index (κ1) is 24.6. The molecule has 1 amide bonds. The average Bonchev–Trinajstić information content (AvgIpc) is 3.17. The number of nitrogens with zero attached hydrogens (tertiary/aromatic N) is 2. The highest BCUT2D eigenvalue weighted by Crippen LogP contribution is 2.33. The van der Waals surface area contributed by atoms with Gasteiger partial charge in [-0.3, -0.25) is 10.2 Å². The number of alkyl halides is 3. The van der Waals surface area contributed by atoms with Crippen molar-refractivity contribution in [1.82, 2.24) is 10.2 Å². The zero-order valence-electron chi connectivity index (χ0n) is 18.4. The molecule has 1 aromatic rings. The predicted octanol–water partition coefficient (Wildman–Crippen LogP) is 4.61. The zero-order valence-corrected chi connectivity index (χ0v) is 18.4. The van der Waals surface area contributed by atoms with Gasteiger partial charge in [0.15, 0.2) is 0 Å². The third-order valence-corrected chi connectivity index (χ3v) is 4.97. The summed E-state index contributed by atoms with van der Waals surface area (Å²) in [6, 6.07) is 7.21. The number of amides is 1. The summed E-state index contributed by atoms with van der Waals surface area (Å²) in [6.45, 7) is 5.76. The minimum atomic E-state index is -4.66. The highest BCUT2D eigenvalue weighted by atomic mass is 19.4. The van der Waals surface area contributed by atoms with Crippen LogP contribution < -0.4 is 10.6 Å². The number of para-hydroxylation sites is 1. The lowest BCUT2D eigenvalue weighted by Crippen LogP contribution is -2.30. The summed E-state index contributed by atoms with van der Waals surface area (Å²) in [6.07, 6.45) is 3.64. The van der Waals surface area contributed by atoms with E-state index in [0.29, 0.717) is 29.2 Å². The van der Waals surface area contributed by atoms with Crippen LogP contribution in [0.1, 0.15) is 18.9 Å². The van der Waals surface area contributed by atoms with Crippen LogP contribution in [-0.4, -0.2) is 42.2 Å². The Kier molecular flexibility index (Phi) is 7.72. The number of anilines is 1. The van der Waals surface area contributed by atoms with E-state index in [1.165, 1.54) is 12.2 Å². The summed E-state index contributed by atoms with van der Waals surface area (Å²) < 4.78 is 39.9. The van der Waals surface area contributed by atoms with Crippen LogP contribution in [0.2, 0.25) is 0 Å². The number of nitrogens with one attached hydrogen (secondary N) is 3. The molecule has 178 valence electrons. The Morgan fingerprint density at radius 3 is 2.76 bits per heavy atom. The highest BCUT2D eigenvalue weighted by molar-refractivity contribution is 6.24. The van der Waals surface area contributed by atoms with Gasteiger partial charge in [-0.15, -0.1) is 0 Å². The van der Waals surface area contributed by atoms with Gasteiger partial charge < -0.3 is 20.4 Å². The smallest absolute Gasteiger partial charge is 0.393 e. The first-order valence-electron chi connectivity index (χ1n) is 10.4. The fourth-order valence-corrected chi connectivity index (χ4v) is 3.37. The molecule has 3 rings (SSSR count). The molecule has 0 saturated carbocycles. The van der Waals surface area contributed by atoms with Crippen molar-refractivity contribution < 1.29 is 22.8 Å². The van der Waals surface area contributed by atoms with Gasteiger partial charge in [0.05, 0.1) is 24.2 Å². The molecule has 34 heavy (non-hydrogen) atoms. The lowest BCUT2D eigenvalue weighted by atomic mass is 10.0. The first-order chi connectivity index (χ1) is 16.3. The molecular formula is C24H24F3N5O2. The van der Waals surface area contributed by atoms with Gasteiger partial charge in [-0.05, 0) is 25.5 Å². The van der Waals surface area contributed by atoms with Crippen molar-refractivity contribution in [3.8, 4) is 0 Å². The number of oxime groups is 1. The van der Waals surface area contributed by atoms with Crippen molar-refractivity contribution in [2.75, 3.05) is 18.5 Å².